The molecule has 3 aromatic carbocycles. The zero-order valence-corrected chi connectivity index (χ0v) is 18.3. The van der Waals surface area contributed by atoms with E-state index in [4.69, 9.17) is 13.7 Å². The van der Waals surface area contributed by atoms with Gasteiger partial charge in [0.2, 0.25) is 6.79 Å². The molecule has 1 aliphatic heterocycles. The normalized spacial score (nSPS) is 14.7. The van der Waals surface area contributed by atoms with E-state index in [0.717, 1.165) is 42.7 Å². The van der Waals surface area contributed by atoms with Crippen LogP contribution in [0.25, 0.3) is 0 Å². The van der Waals surface area contributed by atoms with Gasteiger partial charge in [0, 0.05) is 18.2 Å². The molecule has 0 N–H and O–H groups in total. The van der Waals surface area contributed by atoms with Gasteiger partial charge in [-0.15, -0.1) is 0 Å². The third-order valence-corrected chi connectivity index (χ3v) is 6.69. The first-order valence-corrected chi connectivity index (χ1v) is 11.8. The van der Waals surface area contributed by atoms with Gasteiger partial charge in [-0.2, -0.15) is 8.42 Å². The van der Waals surface area contributed by atoms with E-state index in [0.29, 0.717) is 23.6 Å². The fraction of sp³-hybridized carbons (Fsp3) is 0.208. The molecule has 5 rings (SSSR count). The molecule has 0 unspecified atom stereocenters. The molecule has 1 heterocycles. The Morgan fingerprint density at radius 3 is 2.52 bits per heavy atom. The zero-order valence-electron chi connectivity index (χ0n) is 17.4. The lowest BCUT2D eigenvalue weighted by atomic mass is 10.1. The van der Waals surface area contributed by atoms with Crippen LogP contribution < -0.4 is 13.7 Å². The fourth-order valence-electron chi connectivity index (χ4n) is 3.62. The molecule has 1 aliphatic carbocycles. The molecule has 0 radical (unpaired) electrons. The lowest BCUT2D eigenvalue weighted by molar-refractivity contribution is 0.0729. The number of halogens is 1. The van der Waals surface area contributed by atoms with Gasteiger partial charge in [-0.3, -0.25) is 4.79 Å². The number of hydrogen-bond acceptors (Lipinski definition) is 6. The molecule has 0 aromatic heterocycles. The maximum atomic E-state index is 13.2. The van der Waals surface area contributed by atoms with Gasteiger partial charge in [0.1, 0.15) is 16.5 Å². The van der Waals surface area contributed by atoms with Crippen molar-refractivity contribution in [1.29, 1.82) is 0 Å². The molecule has 9 heteroatoms. The summed E-state index contributed by atoms with van der Waals surface area (Å²) < 4.78 is 54.1. The van der Waals surface area contributed by atoms with Crippen molar-refractivity contribution in [1.82, 2.24) is 4.90 Å². The molecule has 0 atom stereocenters. The Labute approximate surface area is 190 Å². The highest BCUT2D eigenvalue weighted by molar-refractivity contribution is 7.87. The van der Waals surface area contributed by atoms with Gasteiger partial charge < -0.3 is 18.6 Å². The highest BCUT2D eigenvalue weighted by atomic mass is 32.2. The predicted octanol–water partition coefficient (Wildman–Crippen LogP) is 4.13. The van der Waals surface area contributed by atoms with Gasteiger partial charge in [-0.25, -0.2) is 4.39 Å². The summed E-state index contributed by atoms with van der Waals surface area (Å²) in [6, 6.07) is 16.2. The second-order valence-corrected chi connectivity index (χ2v) is 9.42. The summed E-state index contributed by atoms with van der Waals surface area (Å²) in [6.07, 6.45) is 1.82. The van der Waals surface area contributed by atoms with Crippen molar-refractivity contribution in [3.8, 4) is 17.2 Å². The molecule has 7 nitrogen and oxygen atoms in total. The maximum absolute atomic E-state index is 13.2. The van der Waals surface area contributed by atoms with Gasteiger partial charge in [-0.1, -0.05) is 12.1 Å². The first kappa shape index (κ1) is 21.3. The fourth-order valence-corrected chi connectivity index (χ4v) is 4.54. The molecule has 0 bridgehead atoms. The smallest absolute Gasteiger partial charge is 0.339 e. The molecule has 0 saturated heterocycles. The van der Waals surface area contributed by atoms with E-state index in [2.05, 4.69) is 0 Å². The summed E-state index contributed by atoms with van der Waals surface area (Å²) in [6.45, 7) is 0.429. The molecule has 1 fully saturated rings. The first-order chi connectivity index (χ1) is 15.9. The number of carbonyl (C=O) groups excluding carboxylic acids is 1. The largest absolute Gasteiger partial charge is 0.454 e. The summed E-state index contributed by atoms with van der Waals surface area (Å²) in [5.41, 5.74) is 1.22. The standard InChI is InChI=1S/C24H20FNO6S/c25-18-5-9-21(10-6-18)33(28,29)32-20-3-1-2-16(12-20)14-26(19-7-8-19)24(27)17-4-11-22-23(13-17)31-15-30-22/h1-6,9-13,19H,7-8,14-15H2. The summed E-state index contributed by atoms with van der Waals surface area (Å²) in [5.74, 6) is 0.585. The molecule has 33 heavy (non-hydrogen) atoms. The van der Waals surface area contributed by atoms with E-state index in [1.807, 2.05) is 0 Å². The van der Waals surface area contributed by atoms with Crippen LogP contribution in [0, 0.1) is 5.82 Å². The van der Waals surface area contributed by atoms with Crippen LogP contribution in [0.3, 0.4) is 0 Å². The van der Waals surface area contributed by atoms with Crippen molar-refractivity contribution in [2.45, 2.75) is 30.3 Å². The highest BCUT2D eigenvalue weighted by Gasteiger charge is 2.33. The maximum Gasteiger partial charge on any atom is 0.339 e. The molecular formula is C24H20FNO6S. The summed E-state index contributed by atoms with van der Waals surface area (Å²) >= 11 is 0. The minimum atomic E-state index is -4.12. The summed E-state index contributed by atoms with van der Waals surface area (Å²) in [5, 5.41) is 0. The van der Waals surface area contributed by atoms with Crippen LogP contribution in [0.4, 0.5) is 4.39 Å². The third-order valence-electron chi connectivity index (χ3n) is 5.43. The van der Waals surface area contributed by atoms with Crippen LogP contribution >= 0.6 is 0 Å². The molecule has 2 aliphatic rings. The number of benzene rings is 3. The second kappa shape index (κ2) is 8.40. The Morgan fingerprint density at radius 1 is 1.00 bits per heavy atom. The van der Waals surface area contributed by atoms with Crippen LogP contribution in [0.2, 0.25) is 0 Å². The second-order valence-electron chi connectivity index (χ2n) is 7.87. The number of fused-ring (bicyclic) bond motifs is 1. The Kier molecular flexibility index (Phi) is 5.41. The van der Waals surface area contributed by atoms with Crippen molar-refractivity contribution in [2.24, 2.45) is 0 Å². The quantitative estimate of drug-likeness (QED) is 0.484. The third kappa shape index (κ3) is 4.63. The first-order valence-electron chi connectivity index (χ1n) is 10.4. The van der Waals surface area contributed by atoms with Crippen LogP contribution in [-0.2, 0) is 16.7 Å². The number of ether oxygens (including phenoxy) is 2. The number of rotatable bonds is 7. The molecular weight excluding hydrogens is 449 g/mol. The number of amides is 1. The Morgan fingerprint density at radius 2 is 1.76 bits per heavy atom. The van der Waals surface area contributed by atoms with E-state index in [-0.39, 0.29) is 29.4 Å². The van der Waals surface area contributed by atoms with Gasteiger partial charge >= 0.3 is 10.1 Å². The molecule has 1 saturated carbocycles. The molecule has 170 valence electrons. The van der Waals surface area contributed by atoms with Gasteiger partial charge in [0.15, 0.2) is 11.5 Å². The van der Waals surface area contributed by atoms with E-state index >= 15 is 0 Å². The zero-order chi connectivity index (χ0) is 23.0. The monoisotopic (exact) mass is 469 g/mol. The van der Waals surface area contributed by atoms with Gasteiger partial charge in [0.25, 0.3) is 5.91 Å². The Balaban J connectivity index is 1.34. The summed E-state index contributed by atoms with van der Waals surface area (Å²) in [7, 11) is -4.12. The average molecular weight is 469 g/mol. The minimum absolute atomic E-state index is 0.114. The van der Waals surface area contributed by atoms with Crippen LogP contribution in [-0.4, -0.2) is 32.1 Å². The lowest BCUT2D eigenvalue weighted by Gasteiger charge is -2.23. The number of nitrogens with zero attached hydrogens (tertiary/aromatic N) is 1. The van der Waals surface area contributed by atoms with Gasteiger partial charge in [-0.05, 0) is 73.0 Å². The topological polar surface area (TPSA) is 82.1 Å². The van der Waals surface area contributed by atoms with Crippen molar-refractivity contribution in [2.75, 3.05) is 6.79 Å². The lowest BCUT2D eigenvalue weighted by Crippen LogP contribution is -2.32. The Hall–Kier alpha value is -3.59. The average Bonchev–Trinajstić information content (AvgIpc) is 3.53. The van der Waals surface area contributed by atoms with E-state index < -0.39 is 15.9 Å². The molecule has 1 amide bonds. The van der Waals surface area contributed by atoms with Crippen molar-refractivity contribution < 1.29 is 31.3 Å². The van der Waals surface area contributed by atoms with E-state index in [1.165, 1.54) is 6.07 Å². The summed E-state index contributed by atoms with van der Waals surface area (Å²) in [4.78, 5) is 14.9. The highest BCUT2D eigenvalue weighted by Crippen LogP contribution is 2.35. The van der Waals surface area contributed by atoms with Crippen LogP contribution in [0.1, 0.15) is 28.8 Å². The van der Waals surface area contributed by atoms with Crippen LogP contribution in [0.15, 0.2) is 71.6 Å². The van der Waals surface area contributed by atoms with Crippen molar-refractivity contribution in [3.05, 3.63) is 83.7 Å². The number of hydrogen-bond donors (Lipinski definition) is 0. The molecule has 0 spiro atoms. The van der Waals surface area contributed by atoms with Crippen molar-refractivity contribution in [3.63, 3.8) is 0 Å². The Bertz CT molecular complexity index is 1300. The molecule has 3 aromatic rings. The minimum Gasteiger partial charge on any atom is -0.454 e. The predicted molar refractivity (Wildman–Crippen MR) is 116 cm³/mol. The van der Waals surface area contributed by atoms with E-state index in [9.17, 15) is 17.6 Å². The SMILES string of the molecule is O=C(c1ccc2c(c1)OCO2)N(Cc1cccc(OS(=O)(=O)c2ccc(F)cc2)c1)C1CC1. The van der Waals surface area contributed by atoms with Crippen LogP contribution in [0.5, 0.6) is 17.2 Å². The van der Waals surface area contributed by atoms with Gasteiger partial charge in [0.05, 0.1) is 0 Å². The van der Waals surface area contributed by atoms with Crippen molar-refractivity contribution >= 4 is 16.0 Å². The van der Waals surface area contributed by atoms with E-state index in [1.54, 1.807) is 41.3 Å². The number of carbonyl (C=O) groups is 1.